The molecule has 0 amide bonds. The molecule has 5 saturated heterocycles. The Morgan fingerprint density at radius 2 is 0.550 bits per heavy atom. The fourth-order valence-electron chi connectivity index (χ4n) is 15.5. The zero-order valence-electron chi connectivity index (χ0n) is 66.1. The number of rotatable bonds is 55. The summed E-state index contributed by atoms with van der Waals surface area (Å²) in [4.78, 5) is 27.2. The summed E-state index contributed by atoms with van der Waals surface area (Å²) in [6, 6.07) is 0. The average Bonchev–Trinajstić information content (AvgIpc) is 0.830. The fraction of sp³-hybridized carbons (Fsp3) is 0.975. The number of esters is 2. The molecule has 109 heavy (non-hydrogen) atoms. The molecular weight excluding hydrogens is 1420 g/mol. The van der Waals surface area contributed by atoms with Crippen molar-refractivity contribution in [3.63, 3.8) is 0 Å². The number of hydrogen-bond donors (Lipinski definition) is 16. The van der Waals surface area contributed by atoms with Crippen molar-refractivity contribution >= 4 is 11.9 Å². The molecule has 0 saturated carbocycles. The van der Waals surface area contributed by atoms with Gasteiger partial charge in [-0.1, -0.05) is 238 Å². The Morgan fingerprint density at radius 3 is 0.826 bits per heavy atom. The van der Waals surface area contributed by atoms with Gasteiger partial charge in [-0.15, -0.1) is 0 Å². The third-order valence-electron chi connectivity index (χ3n) is 22.6. The van der Waals surface area contributed by atoms with E-state index in [1.807, 2.05) is 6.92 Å². The molecule has 28 nitrogen and oxygen atoms in total. The van der Waals surface area contributed by atoms with Gasteiger partial charge in [0.2, 0.25) is 0 Å². The second-order valence-electron chi connectivity index (χ2n) is 32.3. The first-order chi connectivity index (χ1) is 52.5. The molecule has 0 aromatic heterocycles. The average molecular weight is 1570 g/mol. The topological polar surface area (TPSA) is 450 Å². The molecule has 5 aliphatic rings. The Balaban J connectivity index is 0.996. The number of aliphatic hydroxyl groups is 16. The minimum atomic E-state index is -1.76. The van der Waals surface area contributed by atoms with Gasteiger partial charge in [0.1, 0.15) is 111 Å². The van der Waals surface area contributed by atoms with Crippen LogP contribution in [0.3, 0.4) is 0 Å². The van der Waals surface area contributed by atoms with Crippen LogP contribution in [0.4, 0.5) is 0 Å². The molecule has 28 heteroatoms. The first kappa shape index (κ1) is 97.6. The van der Waals surface area contributed by atoms with Crippen LogP contribution in [0, 0.1) is 0 Å². The summed E-state index contributed by atoms with van der Waals surface area (Å²) in [6.45, 7) is 1.47. The standard InChI is InChI=1S/C81H150O28/c1-54(84)40-32-25-19-13-7-3-4-8-14-20-26-34-42-56(102-78-74(96)70(92)66(88)60(50-82)106-78)43-35-27-22-16-11-12-18-24-30-38-47-59-49-65(87)101-53-62-68(90)72(94)76(98)80(108-62)104-58(48-64(86)100-52-63-69(91)73(95)77(99)81(105-59)109-63)46-37-29-23-17-10-6-5-9-15-21-28-36-44-57(45-39-31-33-41-55(2)85)103-79-75(97)71(93)67(89)61(51-83)107-79/h54-63,66-85,88-99H,3-53H2,1-2H3. The SMILES string of the molecule is CC(O)CCCCCCCCCCCCCCC(CCCCCCCCCCCCC1CC(=O)OCC2OC(OC(CCCCCCCCCCCCCCC(CCCCCC(C)O)OC3OC(CO)C(O)C(O)C3O)CC(=O)OCC3OC(O1)C(O)C(O)C3O)C(O)C(O)C2O)OC1OC(CO)C(O)C(O)C1O. The second kappa shape index (κ2) is 57.1. The molecule has 5 fully saturated rings. The summed E-state index contributed by atoms with van der Waals surface area (Å²) >= 11 is 0. The molecule has 26 unspecified atom stereocenters. The largest absolute Gasteiger partial charge is 0.463 e. The highest BCUT2D eigenvalue weighted by Gasteiger charge is 2.50. The highest BCUT2D eigenvalue weighted by Crippen LogP contribution is 2.33. The fourth-order valence-corrected chi connectivity index (χ4v) is 15.5. The highest BCUT2D eigenvalue weighted by molar-refractivity contribution is 5.70. The van der Waals surface area contributed by atoms with Crippen LogP contribution in [0.25, 0.3) is 0 Å². The monoisotopic (exact) mass is 1570 g/mol. The number of ether oxygens (including phenoxy) is 10. The third-order valence-corrected chi connectivity index (χ3v) is 22.6. The molecule has 0 aromatic rings. The maximum Gasteiger partial charge on any atom is 0.308 e. The van der Waals surface area contributed by atoms with Gasteiger partial charge in [-0.3, -0.25) is 9.59 Å². The van der Waals surface area contributed by atoms with Crippen molar-refractivity contribution in [1.82, 2.24) is 0 Å². The maximum atomic E-state index is 13.6. The van der Waals surface area contributed by atoms with Crippen LogP contribution in [0.2, 0.25) is 0 Å². The van der Waals surface area contributed by atoms with Crippen molar-refractivity contribution in [3.05, 3.63) is 0 Å². The van der Waals surface area contributed by atoms with Gasteiger partial charge in [-0.2, -0.15) is 0 Å². The number of carbonyl (C=O) groups excluding carboxylic acids is 2. The molecule has 26 atom stereocenters. The van der Waals surface area contributed by atoms with Crippen molar-refractivity contribution < 1.29 is 139 Å². The number of hydrogen-bond acceptors (Lipinski definition) is 28. The smallest absolute Gasteiger partial charge is 0.308 e. The number of fused-ring (bicyclic) bond motifs is 4. The normalized spacial score (nSPS) is 32.9. The summed E-state index contributed by atoms with van der Waals surface area (Å²) in [6.07, 6.45) is 9.63. The zero-order valence-corrected chi connectivity index (χ0v) is 66.1. The molecular formula is C81H150O28. The van der Waals surface area contributed by atoms with Crippen LogP contribution in [0.1, 0.15) is 316 Å². The molecule has 5 aliphatic heterocycles. The van der Waals surface area contributed by atoms with Crippen molar-refractivity contribution in [2.24, 2.45) is 0 Å². The Labute approximate surface area is 649 Å². The van der Waals surface area contributed by atoms with Gasteiger partial charge in [-0.25, -0.2) is 0 Å². The van der Waals surface area contributed by atoms with Gasteiger partial charge in [0, 0.05) is 0 Å². The number of carbonyl (C=O) groups is 2. The van der Waals surface area contributed by atoms with Crippen LogP contribution in [-0.4, -0.2) is 280 Å². The van der Waals surface area contributed by atoms with Crippen LogP contribution in [-0.2, 0) is 57.0 Å². The third kappa shape index (κ3) is 38.3. The second-order valence-corrected chi connectivity index (χ2v) is 32.3. The summed E-state index contributed by atoms with van der Waals surface area (Å²) in [7, 11) is 0. The molecule has 0 radical (unpaired) electrons. The lowest BCUT2D eigenvalue weighted by atomic mass is 9.98. The molecule has 0 spiro atoms. The number of unbranched alkanes of at least 4 members (excludes halogenated alkanes) is 33. The number of cyclic esters (lactones) is 2. The van der Waals surface area contributed by atoms with E-state index in [1.165, 1.54) is 51.4 Å². The van der Waals surface area contributed by atoms with Gasteiger partial charge in [0.25, 0.3) is 0 Å². The molecule has 16 N–H and O–H groups in total. The molecule has 5 heterocycles. The van der Waals surface area contributed by atoms with Crippen LogP contribution < -0.4 is 0 Å². The Hall–Kier alpha value is -2.02. The molecule has 0 aliphatic carbocycles. The van der Waals surface area contributed by atoms with Crippen LogP contribution >= 0.6 is 0 Å². The summed E-state index contributed by atoms with van der Waals surface area (Å²) in [5.41, 5.74) is 0. The van der Waals surface area contributed by atoms with E-state index in [-0.39, 0.29) is 37.3 Å². The summed E-state index contributed by atoms with van der Waals surface area (Å²) in [5.74, 6) is -1.54. The van der Waals surface area contributed by atoms with Gasteiger partial charge >= 0.3 is 11.9 Å². The molecule has 5 rings (SSSR count). The van der Waals surface area contributed by atoms with E-state index in [9.17, 15) is 91.3 Å². The van der Waals surface area contributed by atoms with Gasteiger partial charge in [0.05, 0.1) is 62.7 Å². The van der Waals surface area contributed by atoms with E-state index >= 15 is 0 Å². The Bertz CT molecular complexity index is 2260. The quantitative estimate of drug-likeness (QED) is 0.0216. The molecule has 0 aromatic carbocycles. The van der Waals surface area contributed by atoms with Crippen LogP contribution in [0.15, 0.2) is 0 Å². The minimum Gasteiger partial charge on any atom is -0.463 e. The zero-order chi connectivity index (χ0) is 79.3. The molecule has 642 valence electrons. The lowest BCUT2D eigenvalue weighted by molar-refractivity contribution is -0.316. The predicted octanol–water partition coefficient (Wildman–Crippen LogP) is 6.94. The van der Waals surface area contributed by atoms with Gasteiger partial charge in [-0.05, 0) is 65.2 Å². The summed E-state index contributed by atoms with van der Waals surface area (Å²) in [5, 5.41) is 167. The van der Waals surface area contributed by atoms with Crippen LogP contribution in [0.5, 0.6) is 0 Å². The first-order valence-electron chi connectivity index (χ1n) is 42.8. The van der Waals surface area contributed by atoms with Gasteiger partial charge < -0.3 is 129 Å². The van der Waals surface area contributed by atoms with Crippen molar-refractivity contribution in [2.45, 2.75) is 475 Å². The minimum absolute atomic E-state index is 0.211. The van der Waals surface area contributed by atoms with E-state index in [4.69, 9.17) is 47.4 Å². The van der Waals surface area contributed by atoms with E-state index in [2.05, 4.69) is 0 Å². The van der Waals surface area contributed by atoms with E-state index in [1.54, 1.807) is 6.92 Å². The first-order valence-corrected chi connectivity index (χ1v) is 42.8. The van der Waals surface area contributed by atoms with E-state index < -0.39 is 173 Å². The predicted molar refractivity (Wildman–Crippen MR) is 403 cm³/mol. The van der Waals surface area contributed by atoms with Crippen molar-refractivity contribution in [2.75, 3.05) is 26.4 Å². The Kier molecular flexibility index (Phi) is 51.1. The van der Waals surface area contributed by atoms with Crippen molar-refractivity contribution in [1.29, 1.82) is 0 Å². The highest BCUT2D eigenvalue weighted by atomic mass is 16.7. The number of aliphatic hydroxyl groups excluding tert-OH is 16. The summed E-state index contributed by atoms with van der Waals surface area (Å²) < 4.78 is 59.3. The van der Waals surface area contributed by atoms with E-state index in [0.717, 1.165) is 199 Å². The van der Waals surface area contributed by atoms with Gasteiger partial charge in [0.15, 0.2) is 25.2 Å². The Morgan fingerprint density at radius 1 is 0.303 bits per heavy atom. The molecule has 4 bridgehead atoms. The lowest BCUT2D eigenvalue weighted by Gasteiger charge is -2.42. The van der Waals surface area contributed by atoms with E-state index in [0.29, 0.717) is 38.5 Å². The van der Waals surface area contributed by atoms with Crippen molar-refractivity contribution in [3.8, 4) is 0 Å². The maximum absolute atomic E-state index is 13.6. The lowest BCUT2D eigenvalue weighted by Crippen LogP contribution is -2.60.